The van der Waals surface area contributed by atoms with Crippen LogP contribution in [0, 0.1) is 11.3 Å². The number of carboxylic acids is 1. The zero-order valence-electron chi connectivity index (χ0n) is 23.9. The van der Waals surface area contributed by atoms with Crippen molar-refractivity contribution in [2.75, 3.05) is 7.11 Å². The number of hydrogen-bond donors (Lipinski definition) is 1. The minimum Gasteiger partial charge on any atom is -0.497 e. The number of rotatable bonds is 8. The maximum absolute atomic E-state index is 11.3. The van der Waals surface area contributed by atoms with E-state index in [1.807, 2.05) is 30.3 Å². The normalized spacial score (nSPS) is 11.5. The van der Waals surface area contributed by atoms with Gasteiger partial charge in [-0.15, -0.1) is 34.0 Å². The number of nitriles is 1. The van der Waals surface area contributed by atoms with Crippen LogP contribution in [0.4, 0.5) is 0 Å². The van der Waals surface area contributed by atoms with Crippen LogP contribution in [0.15, 0.2) is 121 Å². The molecule has 0 saturated carbocycles. The lowest BCUT2D eigenvalue weighted by Crippen LogP contribution is -1.97. The van der Waals surface area contributed by atoms with Gasteiger partial charge < -0.3 is 14.4 Å². The molecule has 4 aromatic heterocycles. The van der Waals surface area contributed by atoms with Crippen molar-refractivity contribution in [3.05, 3.63) is 126 Å². The fourth-order valence-corrected chi connectivity index (χ4v) is 8.62. The Morgan fingerprint density at radius 1 is 0.756 bits per heavy atom. The molecule has 0 amide bonds. The Balaban J connectivity index is 1.32. The van der Waals surface area contributed by atoms with Gasteiger partial charge in [0, 0.05) is 45.9 Å². The number of aliphatic carboxylic acids is 1. The lowest BCUT2D eigenvalue weighted by atomic mass is 10.0. The second kappa shape index (κ2) is 12.1. The number of carboxylic acid groups (broad SMARTS) is 1. The number of methoxy groups -OCH3 is 1. The third-order valence-corrected chi connectivity index (χ3v) is 11.1. The maximum Gasteiger partial charge on any atom is 0.346 e. The number of hydrogen-bond acceptors (Lipinski definition) is 6. The second-order valence-corrected chi connectivity index (χ2v) is 13.4. The summed E-state index contributed by atoms with van der Waals surface area (Å²) in [5.41, 5.74) is 5.39. The zero-order valence-corrected chi connectivity index (χ0v) is 26.4. The molecule has 0 radical (unpaired) electrons. The van der Waals surface area contributed by atoms with Crippen LogP contribution in [0.25, 0.3) is 63.9 Å². The van der Waals surface area contributed by atoms with Gasteiger partial charge in [0.05, 0.1) is 18.3 Å². The van der Waals surface area contributed by atoms with Crippen molar-refractivity contribution in [1.29, 1.82) is 5.26 Å². The molecule has 0 saturated heterocycles. The van der Waals surface area contributed by atoms with E-state index >= 15 is 0 Å². The average Bonchev–Trinajstić information content (AvgIpc) is 3.89. The highest BCUT2D eigenvalue weighted by Crippen LogP contribution is 2.48. The van der Waals surface area contributed by atoms with Gasteiger partial charge in [-0.2, -0.15) is 5.26 Å². The predicted molar refractivity (Wildman–Crippen MR) is 186 cm³/mol. The molecular formula is C37H24N2O3S3. The Labute approximate surface area is 271 Å². The van der Waals surface area contributed by atoms with Crippen molar-refractivity contribution in [2.45, 2.75) is 0 Å². The van der Waals surface area contributed by atoms with E-state index in [0.717, 1.165) is 47.7 Å². The Morgan fingerprint density at radius 2 is 1.36 bits per heavy atom. The molecule has 3 aromatic carbocycles. The summed E-state index contributed by atoms with van der Waals surface area (Å²) in [4.78, 5) is 17.6. The molecule has 0 bridgehead atoms. The molecule has 0 unspecified atom stereocenters. The van der Waals surface area contributed by atoms with Crippen LogP contribution >= 0.6 is 34.0 Å². The first-order valence-corrected chi connectivity index (χ1v) is 16.5. The van der Waals surface area contributed by atoms with E-state index in [9.17, 15) is 9.90 Å². The predicted octanol–water partition coefficient (Wildman–Crippen LogP) is 10.5. The molecule has 0 atom stereocenters. The van der Waals surface area contributed by atoms with Crippen LogP contribution in [0.5, 0.6) is 5.75 Å². The monoisotopic (exact) mass is 640 g/mol. The highest BCUT2D eigenvalue weighted by molar-refractivity contribution is 7.27. The largest absolute Gasteiger partial charge is 0.497 e. The minimum atomic E-state index is -1.22. The van der Waals surface area contributed by atoms with Crippen molar-refractivity contribution in [3.63, 3.8) is 0 Å². The van der Waals surface area contributed by atoms with E-state index in [0.29, 0.717) is 0 Å². The first-order valence-electron chi connectivity index (χ1n) is 14.0. The van der Waals surface area contributed by atoms with Crippen molar-refractivity contribution in [1.82, 2.24) is 4.57 Å². The summed E-state index contributed by atoms with van der Waals surface area (Å²) in [5, 5.41) is 19.5. The summed E-state index contributed by atoms with van der Waals surface area (Å²) in [6.45, 7) is 0. The summed E-state index contributed by atoms with van der Waals surface area (Å²) in [6.07, 6.45) is 1.42. The van der Waals surface area contributed by atoms with E-state index in [2.05, 4.69) is 89.5 Å². The Kier molecular flexibility index (Phi) is 7.66. The Morgan fingerprint density at radius 3 is 2.02 bits per heavy atom. The first kappa shape index (κ1) is 28.6. The Bertz CT molecular complexity index is 2240. The fraction of sp³-hybridized carbons (Fsp3) is 0.0270. The van der Waals surface area contributed by atoms with Crippen molar-refractivity contribution >= 4 is 57.0 Å². The number of fused-ring (bicyclic) bond motifs is 1. The van der Waals surface area contributed by atoms with Crippen LogP contribution in [-0.4, -0.2) is 22.8 Å². The second-order valence-electron chi connectivity index (χ2n) is 10.1. The quantitative estimate of drug-likeness (QED) is 0.132. The van der Waals surface area contributed by atoms with Gasteiger partial charge in [0.15, 0.2) is 0 Å². The Hall–Kier alpha value is -5.20. The molecule has 0 spiro atoms. The molecule has 8 heteroatoms. The van der Waals surface area contributed by atoms with E-state index in [1.165, 1.54) is 38.1 Å². The van der Waals surface area contributed by atoms with Gasteiger partial charge in [0.1, 0.15) is 17.4 Å². The van der Waals surface area contributed by atoms with E-state index < -0.39 is 5.97 Å². The smallest absolute Gasteiger partial charge is 0.346 e. The third-order valence-electron chi connectivity index (χ3n) is 7.46. The number of para-hydroxylation sites is 1. The molecule has 218 valence electrons. The van der Waals surface area contributed by atoms with Gasteiger partial charge in [-0.25, -0.2) is 4.79 Å². The molecule has 45 heavy (non-hydrogen) atoms. The van der Waals surface area contributed by atoms with E-state index in [1.54, 1.807) is 35.9 Å². The lowest BCUT2D eigenvalue weighted by molar-refractivity contribution is -0.132. The molecule has 1 N–H and O–H groups in total. The van der Waals surface area contributed by atoms with Gasteiger partial charge in [0.2, 0.25) is 0 Å². The van der Waals surface area contributed by atoms with Gasteiger partial charge in [-0.3, -0.25) is 0 Å². The first-order chi connectivity index (χ1) is 22.0. The lowest BCUT2D eigenvalue weighted by Gasteiger charge is -2.13. The van der Waals surface area contributed by atoms with E-state index in [-0.39, 0.29) is 5.57 Å². The molecule has 0 aliphatic heterocycles. The molecule has 7 rings (SSSR count). The number of thiophene rings is 3. The van der Waals surface area contributed by atoms with Crippen LogP contribution in [0.3, 0.4) is 0 Å². The standard InChI is InChI=1S/C37H24N2O3S3/c1-42-26-13-11-25(12-14-26)39-29-10-6-5-9-28(29)35(36(39)23-7-3-2-4-8-23)34-20-19-33(45-34)32-18-17-31(44-32)30-16-15-27(43-30)21-24(22-38)37(40)41/h2-21H,1H3,(H,40,41)/b24-21+. The molecule has 0 aliphatic rings. The molecule has 0 fully saturated rings. The van der Waals surface area contributed by atoms with Crippen LogP contribution in [0.2, 0.25) is 0 Å². The van der Waals surface area contributed by atoms with Gasteiger partial charge in [-0.1, -0.05) is 48.5 Å². The van der Waals surface area contributed by atoms with Crippen LogP contribution < -0.4 is 4.74 Å². The molecular weight excluding hydrogens is 617 g/mol. The SMILES string of the molecule is COc1ccc(-n2c(-c3ccccc3)c(-c3ccc(-c4ccc(-c5ccc(/C=C(\C#N)C(=O)O)s5)s4)s3)c3ccccc32)cc1. The topological polar surface area (TPSA) is 75.2 Å². The highest BCUT2D eigenvalue weighted by Gasteiger charge is 2.23. The van der Waals surface area contributed by atoms with Crippen molar-refractivity contribution in [2.24, 2.45) is 0 Å². The molecule has 7 aromatic rings. The summed E-state index contributed by atoms with van der Waals surface area (Å²) >= 11 is 4.95. The summed E-state index contributed by atoms with van der Waals surface area (Å²) < 4.78 is 7.78. The van der Waals surface area contributed by atoms with Gasteiger partial charge in [0.25, 0.3) is 0 Å². The average molecular weight is 641 g/mol. The summed E-state index contributed by atoms with van der Waals surface area (Å²) in [5.74, 6) is -0.403. The molecule has 5 nitrogen and oxygen atoms in total. The maximum atomic E-state index is 11.3. The number of benzene rings is 3. The molecule has 0 aliphatic carbocycles. The van der Waals surface area contributed by atoms with Crippen molar-refractivity contribution in [3.8, 4) is 58.7 Å². The third kappa shape index (κ3) is 5.38. The fourth-order valence-electron chi connectivity index (χ4n) is 5.41. The summed E-state index contributed by atoms with van der Waals surface area (Å²) in [6, 6.07) is 41.5. The number of ether oxygens (including phenoxy) is 1. The van der Waals surface area contributed by atoms with E-state index in [4.69, 9.17) is 10.00 Å². The number of nitrogens with zero attached hydrogens (tertiary/aromatic N) is 2. The van der Waals surface area contributed by atoms with Crippen LogP contribution in [-0.2, 0) is 4.79 Å². The van der Waals surface area contributed by atoms with Crippen molar-refractivity contribution < 1.29 is 14.6 Å². The summed E-state index contributed by atoms with van der Waals surface area (Å²) in [7, 11) is 1.68. The van der Waals surface area contributed by atoms with Gasteiger partial charge >= 0.3 is 5.97 Å². The van der Waals surface area contributed by atoms with Gasteiger partial charge in [-0.05, 0) is 78.4 Å². The minimum absolute atomic E-state index is 0.274. The van der Waals surface area contributed by atoms with Crippen LogP contribution in [0.1, 0.15) is 4.88 Å². The highest BCUT2D eigenvalue weighted by atomic mass is 32.1. The number of carbonyl (C=O) groups is 1. The zero-order chi connectivity index (χ0) is 30.9. The molecule has 4 heterocycles. The number of aromatic nitrogens is 1.